The average Bonchev–Trinajstić information content (AvgIpc) is 3.09. The lowest BCUT2D eigenvalue weighted by Crippen LogP contribution is -2.50. The Morgan fingerprint density at radius 1 is 1.31 bits per heavy atom. The standard InChI is InChI=1S/C23H27FN4O/c1-27(2)13-15-9-16-10-18(24)7-8-22(16)28(14-15)23(29)20(25)11-17-12-26-21-6-4-3-5-19(17)21/h3-8,10,12,15,20,26H,9,11,13-14,25H2,1-2H3/t15-,20-/m1/s1. The third-order valence-electron chi connectivity index (χ3n) is 5.60. The van der Waals surface area contributed by atoms with Gasteiger partial charge in [-0.2, -0.15) is 0 Å². The minimum atomic E-state index is -0.662. The Morgan fingerprint density at radius 3 is 2.90 bits per heavy atom. The molecule has 29 heavy (non-hydrogen) atoms. The summed E-state index contributed by atoms with van der Waals surface area (Å²) in [5, 5.41) is 1.09. The van der Waals surface area contributed by atoms with E-state index >= 15 is 0 Å². The number of carbonyl (C=O) groups is 1. The Balaban J connectivity index is 1.59. The van der Waals surface area contributed by atoms with E-state index in [1.54, 1.807) is 17.0 Å². The van der Waals surface area contributed by atoms with E-state index in [1.165, 1.54) is 6.07 Å². The van der Waals surface area contributed by atoms with Crippen molar-refractivity contribution in [3.8, 4) is 0 Å². The molecular formula is C23H27FN4O. The van der Waals surface area contributed by atoms with Crippen molar-refractivity contribution in [2.45, 2.75) is 18.9 Å². The fourth-order valence-corrected chi connectivity index (χ4v) is 4.39. The minimum Gasteiger partial charge on any atom is -0.361 e. The third-order valence-corrected chi connectivity index (χ3v) is 5.60. The quantitative estimate of drug-likeness (QED) is 0.699. The molecule has 3 aromatic rings. The predicted molar refractivity (Wildman–Crippen MR) is 114 cm³/mol. The lowest BCUT2D eigenvalue weighted by molar-refractivity contribution is -0.120. The maximum Gasteiger partial charge on any atom is 0.244 e. The number of benzene rings is 2. The molecule has 1 aromatic heterocycles. The number of anilines is 1. The highest BCUT2D eigenvalue weighted by molar-refractivity contribution is 5.98. The molecule has 2 heterocycles. The van der Waals surface area contributed by atoms with Gasteiger partial charge in [0, 0.05) is 35.9 Å². The summed E-state index contributed by atoms with van der Waals surface area (Å²) in [6.07, 6.45) is 3.13. The molecule has 6 heteroatoms. The van der Waals surface area contributed by atoms with E-state index in [4.69, 9.17) is 5.73 Å². The highest BCUT2D eigenvalue weighted by Crippen LogP contribution is 2.31. The van der Waals surface area contributed by atoms with E-state index in [9.17, 15) is 9.18 Å². The molecule has 0 saturated heterocycles. The number of amides is 1. The number of hydrogen-bond acceptors (Lipinski definition) is 3. The van der Waals surface area contributed by atoms with Crippen LogP contribution < -0.4 is 10.6 Å². The minimum absolute atomic E-state index is 0.119. The first-order valence-electron chi connectivity index (χ1n) is 9.97. The molecule has 0 fully saturated rings. The molecule has 0 radical (unpaired) electrons. The van der Waals surface area contributed by atoms with Gasteiger partial charge in [0.25, 0.3) is 0 Å². The molecule has 1 amide bonds. The molecule has 3 N–H and O–H groups in total. The van der Waals surface area contributed by atoms with Gasteiger partial charge in [-0.15, -0.1) is 0 Å². The summed E-state index contributed by atoms with van der Waals surface area (Å²) in [6.45, 7) is 1.43. The summed E-state index contributed by atoms with van der Waals surface area (Å²) in [7, 11) is 4.02. The van der Waals surface area contributed by atoms with Crippen molar-refractivity contribution in [2.24, 2.45) is 11.7 Å². The summed E-state index contributed by atoms with van der Waals surface area (Å²) < 4.78 is 13.8. The van der Waals surface area contributed by atoms with Gasteiger partial charge in [0.05, 0.1) is 6.04 Å². The highest BCUT2D eigenvalue weighted by atomic mass is 19.1. The maximum absolute atomic E-state index is 13.8. The van der Waals surface area contributed by atoms with Gasteiger partial charge in [-0.25, -0.2) is 4.39 Å². The lowest BCUT2D eigenvalue weighted by Gasteiger charge is -2.37. The molecule has 0 aliphatic carbocycles. The normalized spacial score (nSPS) is 17.6. The largest absolute Gasteiger partial charge is 0.361 e. The van der Waals surface area contributed by atoms with E-state index in [0.717, 1.165) is 40.7 Å². The number of nitrogens with two attached hydrogens (primary N) is 1. The molecule has 2 atom stereocenters. The fourth-order valence-electron chi connectivity index (χ4n) is 4.39. The van der Waals surface area contributed by atoms with Crippen LogP contribution in [0.2, 0.25) is 0 Å². The Morgan fingerprint density at radius 2 is 2.10 bits per heavy atom. The van der Waals surface area contributed by atoms with Crippen LogP contribution in [-0.2, 0) is 17.6 Å². The summed E-state index contributed by atoms with van der Waals surface area (Å²) in [5.74, 6) is -0.153. The van der Waals surface area contributed by atoms with Crippen LogP contribution in [0.5, 0.6) is 0 Å². The SMILES string of the molecule is CN(C)C[C@H]1Cc2cc(F)ccc2N(C(=O)[C@H](N)Cc2c[nH]c3ccccc23)C1. The molecule has 0 unspecified atom stereocenters. The molecular weight excluding hydrogens is 367 g/mol. The molecule has 0 bridgehead atoms. The summed E-state index contributed by atoms with van der Waals surface area (Å²) in [6, 6.07) is 12.0. The second-order valence-electron chi connectivity index (χ2n) is 8.22. The first-order valence-corrected chi connectivity index (χ1v) is 9.97. The zero-order valence-electron chi connectivity index (χ0n) is 16.9. The number of nitrogens with one attached hydrogen (secondary N) is 1. The van der Waals surface area contributed by atoms with Gasteiger partial charge in [0.15, 0.2) is 0 Å². The van der Waals surface area contributed by atoms with Crippen LogP contribution in [0.1, 0.15) is 11.1 Å². The molecule has 1 aliphatic heterocycles. The molecule has 152 valence electrons. The predicted octanol–water partition coefficient (Wildman–Crippen LogP) is 2.94. The monoisotopic (exact) mass is 394 g/mol. The number of nitrogens with zero attached hydrogens (tertiary/aromatic N) is 2. The number of H-pyrrole nitrogens is 1. The molecule has 0 saturated carbocycles. The summed E-state index contributed by atoms with van der Waals surface area (Å²) in [4.78, 5) is 20.4. The molecule has 1 aliphatic rings. The van der Waals surface area contributed by atoms with Crippen LogP contribution in [0.25, 0.3) is 10.9 Å². The second-order valence-corrected chi connectivity index (χ2v) is 8.22. The van der Waals surface area contributed by atoms with Crippen molar-refractivity contribution in [1.29, 1.82) is 0 Å². The van der Waals surface area contributed by atoms with Gasteiger partial charge < -0.3 is 20.5 Å². The Labute approximate surface area is 170 Å². The average molecular weight is 394 g/mol. The van der Waals surface area contributed by atoms with Crippen LogP contribution in [0.15, 0.2) is 48.7 Å². The number of fused-ring (bicyclic) bond motifs is 2. The lowest BCUT2D eigenvalue weighted by atomic mass is 9.91. The summed E-state index contributed by atoms with van der Waals surface area (Å²) >= 11 is 0. The number of rotatable bonds is 5. The van der Waals surface area contributed by atoms with Crippen LogP contribution in [0, 0.1) is 11.7 Å². The first kappa shape index (κ1) is 19.6. The fraction of sp³-hybridized carbons (Fsp3) is 0.348. The Bertz CT molecular complexity index is 1030. The first-order chi connectivity index (χ1) is 13.9. The highest BCUT2D eigenvalue weighted by Gasteiger charge is 2.32. The molecule has 0 spiro atoms. The number of aromatic nitrogens is 1. The maximum atomic E-state index is 13.8. The van der Waals surface area contributed by atoms with Crippen molar-refractivity contribution in [2.75, 3.05) is 32.1 Å². The van der Waals surface area contributed by atoms with E-state index < -0.39 is 6.04 Å². The molecule has 2 aromatic carbocycles. The van der Waals surface area contributed by atoms with E-state index in [2.05, 4.69) is 9.88 Å². The summed E-state index contributed by atoms with van der Waals surface area (Å²) in [5.41, 5.74) is 10.1. The zero-order chi connectivity index (χ0) is 20.5. The van der Waals surface area contributed by atoms with Crippen LogP contribution in [0.3, 0.4) is 0 Å². The number of carbonyl (C=O) groups excluding carboxylic acids is 1. The third kappa shape index (κ3) is 4.04. The number of para-hydroxylation sites is 1. The van der Waals surface area contributed by atoms with Crippen molar-refractivity contribution >= 4 is 22.5 Å². The van der Waals surface area contributed by atoms with Crippen LogP contribution in [-0.4, -0.2) is 49.0 Å². The Kier molecular flexibility index (Phi) is 5.39. The van der Waals surface area contributed by atoms with Gasteiger partial charge in [0.1, 0.15) is 5.82 Å². The van der Waals surface area contributed by atoms with Gasteiger partial charge >= 0.3 is 0 Å². The van der Waals surface area contributed by atoms with Gasteiger partial charge in [-0.1, -0.05) is 18.2 Å². The second kappa shape index (κ2) is 7.97. The van der Waals surface area contributed by atoms with E-state index in [-0.39, 0.29) is 17.6 Å². The number of halogens is 1. The van der Waals surface area contributed by atoms with Crippen molar-refractivity contribution in [3.63, 3.8) is 0 Å². The van der Waals surface area contributed by atoms with Gasteiger partial charge in [-0.05, 0) is 68.2 Å². The van der Waals surface area contributed by atoms with Crippen molar-refractivity contribution < 1.29 is 9.18 Å². The van der Waals surface area contributed by atoms with Crippen LogP contribution in [0.4, 0.5) is 10.1 Å². The zero-order valence-corrected chi connectivity index (χ0v) is 16.9. The number of hydrogen-bond donors (Lipinski definition) is 2. The van der Waals surface area contributed by atoms with Crippen LogP contribution >= 0.6 is 0 Å². The Hall–Kier alpha value is -2.70. The van der Waals surface area contributed by atoms with Gasteiger partial charge in [0.2, 0.25) is 5.91 Å². The van der Waals surface area contributed by atoms with Crippen molar-refractivity contribution in [3.05, 3.63) is 65.6 Å². The van der Waals surface area contributed by atoms with Gasteiger partial charge in [-0.3, -0.25) is 4.79 Å². The van der Waals surface area contributed by atoms with E-state index in [1.807, 2.05) is 44.6 Å². The smallest absolute Gasteiger partial charge is 0.244 e. The number of aromatic amines is 1. The van der Waals surface area contributed by atoms with Crippen molar-refractivity contribution in [1.82, 2.24) is 9.88 Å². The molecule has 5 nitrogen and oxygen atoms in total. The topological polar surface area (TPSA) is 65.4 Å². The van der Waals surface area contributed by atoms with E-state index in [0.29, 0.717) is 13.0 Å². The molecule has 4 rings (SSSR count).